The Hall–Kier alpha value is -5.26. The Labute approximate surface area is 287 Å². The highest BCUT2D eigenvalue weighted by Gasteiger charge is 2.34. The Bertz CT molecular complexity index is 1830. The predicted octanol–water partition coefficient (Wildman–Crippen LogP) is 6.50. The van der Waals surface area contributed by atoms with E-state index < -0.39 is 36.3 Å². The van der Waals surface area contributed by atoms with E-state index in [1.165, 1.54) is 6.92 Å². The van der Waals surface area contributed by atoms with E-state index >= 15 is 0 Å². The SMILES string of the molecule is CC(=O)OC[C@@H](c1ccccc1)N(Cc1ccccc1)C(=O)c1cc(/C=C2\SC(=S)N(CC(=O)O)C2=O)ccc1OCc1ccccc1. The van der Waals surface area contributed by atoms with Crippen molar-refractivity contribution in [3.63, 3.8) is 0 Å². The molecule has 0 saturated carbocycles. The molecule has 2 amide bonds. The maximum Gasteiger partial charge on any atom is 0.323 e. The van der Waals surface area contributed by atoms with Gasteiger partial charge in [-0.05, 0) is 40.5 Å². The lowest BCUT2D eigenvalue weighted by molar-refractivity contribution is -0.142. The first-order valence-corrected chi connectivity index (χ1v) is 16.2. The number of aliphatic carboxylic acids is 1. The van der Waals surface area contributed by atoms with Crippen LogP contribution in [-0.4, -0.2) is 56.1 Å². The fraction of sp³-hybridized carbons (Fsp3) is 0.162. The summed E-state index contributed by atoms with van der Waals surface area (Å²) in [5, 5.41) is 9.23. The van der Waals surface area contributed by atoms with Crippen LogP contribution in [0.15, 0.2) is 114 Å². The fourth-order valence-electron chi connectivity index (χ4n) is 5.08. The average Bonchev–Trinajstić information content (AvgIpc) is 3.34. The summed E-state index contributed by atoms with van der Waals surface area (Å²) in [5.74, 6) is -2.26. The van der Waals surface area contributed by atoms with Crippen LogP contribution in [-0.2, 0) is 32.3 Å². The molecule has 48 heavy (non-hydrogen) atoms. The van der Waals surface area contributed by atoms with E-state index in [1.54, 1.807) is 29.2 Å². The Morgan fingerprint density at radius 2 is 1.54 bits per heavy atom. The minimum absolute atomic E-state index is 0.0795. The van der Waals surface area contributed by atoms with Crippen LogP contribution in [0.25, 0.3) is 6.08 Å². The van der Waals surface area contributed by atoms with Crippen molar-refractivity contribution in [2.75, 3.05) is 13.2 Å². The molecule has 1 aliphatic rings. The molecule has 4 aromatic rings. The molecule has 0 aromatic heterocycles. The first kappa shape index (κ1) is 34.1. The number of nitrogens with zero attached hydrogens (tertiary/aromatic N) is 2. The van der Waals surface area contributed by atoms with Crippen LogP contribution in [0.4, 0.5) is 0 Å². The van der Waals surface area contributed by atoms with Crippen LogP contribution in [0.2, 0.25) is 0 Å². The number of benzene rings is 4. The van der Waals surface area contributed by atoms with Gasteiger partial charge in [0.1, 0.15) is 29.8 Å². The first-order valence-electron chi connectivity index (χ1n) is 15.0. The molecule has 0 radical (unpaired) electrons. The number of carboxylic acids is 1. The van der Waals surface area contributed by atoms with Crippen molar-refractivity contribution < 1.29 is 33.8 Å². The number of esters is 1. The summed E-state index contributed by atoms with van der Waals surface area (Å²) < 4.78 is 11.9. The maximum atomic E-state index is 14.8. The number of carbonyl (C=O) groups is 4. The highest BCUT2D eigenvalue weighted by molar-refractivity contribution is 8.26. The van der Waals surface area contributed by atoms with Gasteiger partial charge in [-0.2, -0.15) is 0 Å². The monoisotopic (exact) mass is 680 g/mol. The van der Waals surface area contributed by atoms with Crippen molar-refractivity contribution in [1.29, 1.82) is 0 Å². The van der Waals surface area contributed by atoms with Crippen LogP contribution in [0.3, 0.4) is 0 Å². The second kappa shape index (κ2) is 16.0. The number of thiocarbonyl (C=S) groups is 1. The standard InChI is InChI=1S/C37H32N2O7S2/c1-25(40)45-24-31(29-15-9-4-10-16-29)38(21-26-11-5-2-6-12-26)35(43)30-19-28(17-18-32(30)46-23-27-13-7-3-8-14-27)20-33-36(44)39(22-34(41)42)37(47)48-33/h2-20,31H,21-24H2,1H3,(H,41,42)/b33-20-/t31-/m0/s1. The quantitative estimate of drug-likeness (QED) is 0.0961. The van der Waals surface area contributed by atoms with Crippen LogP contribution >= 0.6 is 24.0 Å². The maximum absolute atomic E-state index is 14.8. The normalized spacial score (nSPS) is 14.1. The molecule has 0 spiro atoms. The van der Waals surface area contributed by atoms with Gasteiger partial charge in [0.05, 0.1) is 16.5 Å². The number of carboxylic acid groups (broad SMARTS) is 1. The van der Waals surface area contributed by atoms with Gasteiger partial charge in [0.15, 0.2) is 0 Å². The second-order valence-electron chi connectivity index (χ2n) is 10.8. The third-order valence-electron chi connectivity index (χ3n) is 7.40. The summed E-state index contributed by atoms with van der Waals surface area (Å²) in [6.07, 6.45) is 1.58. The van der Waals surface area contributed by atoms with Gasteiger partial charge >= 0.3 is 11.9 Å². The minimum atomic E-state index is -1.18. The molecule has 1 N–H and O–H groups in total. The fourth-order valence-corrected chi connectivity index (χ4v) is 6.34. The molecule has 0 bridgehead atoms. The van der Waals surface area contributed by atoms with Gasteiger partial charge in [-0.15, -0.1) is 0 Å². The molecule has 1 atom stereocenters. The van der Waals surface area contributed by atoms with Gasteiger partial charge in [-0.25, -0.2) is 0 Å². The zero-order chi connectivity index (χ0) is 34.0. The molecule has 9 nitrogen and oxygen atoms in total. The molecule has 11 heteroatoms. The number of hydrogen-bond donors (Lipinski definition) is 1. The van der Waals surface area contributed by atoms with Crippen LogP contribution in [0, 0.1) is 0 Å². The van der Waals surface area contributed by atoms with Gasteiger partial charge in [-0.3, -0.25) is 24.1 Å². The number of rotatable bonds is 13. The third-order valence-corrected chi connectivity index (χ3v) is 8.78. The number of amides is 2. The van der Waals surface area contributed by atoms with Gasteiger partial charge in [0.25, 0.3) is 11.8 Å². The Kier molecular flexibility index (Phi) is 11.4. The van der Waals surface area contributed by atoms with Crippen molar-refractivity contribution in [3.8, 4) is 5.75 Å². The zero-order valence-electron chi connectivity index (χ0n) is 26.0. The minimum Gasteiger partial charge on any atom is -0.488 e. The lowest BCUT2D eigenvalue weighted by atomic mass is 10.0. The molecule has 1 heterocycles. The van der Waals surface area contributed by atoms with Crippen LogP contribution in [0.5, 0.6) is 5.75 Å². The molecule has 5 rings (SSSR count). The van der Waals surface area contributed by atoms with E-state index in [4.69, 9.17) is 21.7 Å². The summed E-state index contributed by atoms with van der Waals surface area (Å²) in [7, 11) is 0. The van der Waals surface area contributed by atoms with E-state index in [-0.39, 0.29) is 34.5 Å². The van der Waals surface area contributed by atoms with Crippen LogP contribution < -0.4 is 4.74 Å². The molecule has 4 aromatic carbocycles. The smallest absolute Gasteiger partial charge is 0.323 e. The number of carbonyl (C=O) groups excluding carboxylic acids is 3. The van der Waals surface area contributed by atoms with Crippen molar-refractivity contribution in [1.82, 2.24) is 9.80 Å². The van der Waals surface area contributed by atoms with Crippen molar-refractivity contribution >= 4 is 58.1 Å². The predicted molar refractivity (Wildman–Crippen MR) is 187 cm³/mol. The number of thioether (sulfide) groups is 1. The molecule has 1 fully saturated rings. The molecule has 1 saturated heterocycles. The van der Waals surface area contributed by atoms with Crippen LogP contribution in [0.1, 0.15) is 45.6 Å². The molecule has 0 aliphatic carbocycles. The van der Waals surface area contributed by atoms with Crippen molar-refractivity contribution in [3.05, 3.63) is 142 Å². The Balaban J connectivity index is 1.59. The largest absolute Gasteiger partial charge is 0.488 e. The molecule has 1 aliphatic heterocycles. The van der Waals surface area contributed by atoms with Crippen molar-refractivity contribution in [2.24, 2.45) is 0 Å². The molecule has 244 valence electrons. The zero-order valence-corrected chi connectivity index (χ0v) is 27.6. The Morgan fingerprint density at radius 1 is 0.917 bits per heavy atom. The van der Waals surface area contributed by atoms with Gasteiger partial charge in [-0.1, -0.05) is 121 Å². The van der Waals surface area contributed by atoms with Gasteiger partial charge < -0.3 is 19.5 Å². The van der Waals surface area contributed by atoms with E-state index in [2.05, 4.69) is 0 Å². The van der Waals surface area contributed by atoms with E-state index in [1.807, 2.05) is 91.0 Å². The molecular weight excluding hydrogens is 649 g/mol. The van der Waals surface area contributed by atoms with E-state index in [0.717, 1.165) is 33.4 Å². The topological polar surface area (TPSA) is 113 Å². The molecule has 0 unspecified atom stereocenters. The lowest BCUT2D eigenvalue weighted by Gasteiger charge is -2.32. The molecular formula is C37H32N2O7S2. The van der Waals surface area contributed by atoms with Gasteiger partial charge in [0, 0.05) is 13.5 Å². The number of hydrogen-bond acceptors (Lipinski definition) is 8. The van der Waals surface area contributed by atoms with Gasteiger partial charge in [0.2, 0.25) is 0 Å². The van der Waals surface area contributed by atoms with Crippen molar-refractivity contribution in [2.45, 2.75) is 26.1 Å². The summed E-state index contributed by atoms with van der Waals surface area (Å²) in [6.45, 7) is 1.09. The Morgan fingerprint density at radius 3 is 2.17 bits per heavy atom. The highest BCUT2D eigenvalue weighted by atomic mass is 32.2. The average molecular weight is 681 g/mol. The summed E-state index contributed by atoms with van der Waals surface area (Å²) >= 11 is 6.25. The summed E-state index contributed by atoms with van der Waals surface area (Å²) in [6, 6.07) is 32.7. The highest BCUT2D eigenvalue weighted by Crippen LogP contribution is 2.34. The third kappa shape index (κ3) is 8.75. The number of ether oxygens (including phenoxy) is 2. The lowest BCUT2D eigenvalue weighted by Crippen LogP contribution is -2.37. The summed E-state index contributed by atoms with van der Waals surface area (Å²) in [5.41, 5.74) is 3.27. The second-order valence-corrected chi connectivity index (χ2v) is 12.5. The summed E-state index contributed by atoms with van der Waals surface area (Å²) in [4.78, 5) is 54.1. The first-order chi connectivity index (χ1) is 23.2. The van der Waals surface area contributed by atoms with E-state index in [0.29, 0.717) is 11.3 Å². The van der Waals surface area contributed by atoms with E-state index in [9.17, 15) is 24.3 Å².